The Bertz CT molecular complexity index is 403. The molecule has 2 rings (SSSR count). The van der Waals surface area contributed by atoms with E-state index in [2.05, 4.69) is 0 Å². The van der Waals surface area contributed by atoms with Gasteiger partial charge >= 0.3 is 0 Å². The molecule has 1 aromatic carbocycles. The lowest BCUT2D eigenvalue weighted by Crippen LogP contribution is -2.55. The number of β-amino-alcohol motifs (C(OH)–C–C–N with tert-alkyl or cyclic N) is 1. The molecular weight excluding hydrogens is 258 g/mol. The van der Waals surface area contributed by atoms with E-state index in [9.17, 15) is 4.79 Å². The predicted octanol–water partition coefficient (Wildman–Crippen LogP) is 2.02. The van der Waals surface area contributed by atoms with Crippen molar-refractivity contribution in [3.05, 3.63) is 29.3 Å². The summed E-state index contributed by atoms with van der Waals surface area (Å²) in [6.07, 6.45) is -0.341. The number of carbonyl (C=O) groups is 1. The van der Waals surface area contributed by atoms with Crippen molar-refractivity contribution in [1.29, 1.82) is 0 Å². The van der Waals surface area contributed by atoms with Gasteiger partial charge in [0.1, 0.15) is 0 Å². The summed E-state index contributed by atoms with van der Waals surface area (Å²) in [7, 11) is 0. The van der Waals surface area contributed by atoms with Gasteiger partial charge in [-0.05, 0) is 31.2 Å². The molecule has 1 unspecified atom stereocenters. The molecule has 3 nitrogen and oxygen atoms in total. The van der Waals surface area contributed by atoms with Crippen molar-refractivity contribution in [2.75, 3.05) is 13.1 Å². The molecule has 0 radical (unpaired) electrons. The molecule has 5 heteroatoms. The molecule has 0 saturated carbocycles. The first-order chi connectivity index (χ1) is 8.06. The van der Waals surface area contributed by atoms with E-state index in [1.807, 2.05) is 31.2 Å². The number of nitrogens with zero attached hydrogens (tertiary/aromatic N) is 1. The molecule has 1 aliphatic rings. The zero-order valence-corrected chi connectivity index (χ0v) is 11.0. The van der Waals surface area contributed by atoms with E-state index in [0.29, 0.717) is 18.1 Å². The quantitative estimate of drug-likeness (QED) is 0.855. The lowest BCUT2D eigenvalue weighted by Gasteiger charge is -2.37. The van der Waals surface area contributed by atoms with Crippen LogP contribution in [0.2, 0.25) is 5.02 Å². The maximum absolute atomic E-state index is 11.9. The second kappa shape index (κ2) is 5.29. The maximum atomic E-state index is 11.9. The summed E-state index contributed by atoms with van der Waals surface area (Å²) in [5, 5.41) is 9.71. The van der Waals surface area contributed by atoms with E-state index in [0.717, 1.165) is 4.90 Å². The molecule has 1 aromatic rings. The minimum atomic E-state index is -0.341. The first-order valence-corrected chi connectivity index (χ1v) is 6.71. The van der Waals surface area contributed by atoms with Crippen molar-refractivity contribution in [2.45, 2.75) is 23.2 Å². The lowest BCUT2D eigenvalue weighted by atomic mass is 10.1. The van der Waals surface area contributed by atoms with Gasteiger partial charge in [0.05, 0.1) is 11.4 Å². The van der Waals surface area contributed by atoms with Crippen molar-refractivity contribution in [3.8, 4) is 0 Å². The number of benzene rings is 1. The van der Waals surface area contributed by atoms with Crippen LogP contribution in [0, 0.1) is 0 Å². The van der Waals surface area contributed by atoms with Crippen LogP contribution in [0.1, 0.15) is 6.92 Å². The first kappa shape index (κ1) is 12.7. The standard InChI is InChI=1S/C12H14ClNO2S/c1-8(12(16)14-6-10(15)7-14)17-11-4-2-9(13)3-5-11/h2-5,8,10,15H,6-7H2,1H3. The van der Waals surface area contributed by atoms with E-state index in [-0.39, 0.29) is 17.3 Å². The van der Waals surface area contributed by atoms with Crippen molar-refractivity contribution >= 4 is 29.3 Å². The normalized spacial score (nSPS) is 17.7. The Labute approximate surface area is 110 Å². The van der Waals surface area contributed by atoms with Crippen molar-refractivity contribution < 1.29 is 9.90 Å². The monoisotopic (exact) mass is 271 g/mol. The van der Waals surface area contributed by atoms with Gasteiger partial charge in [-0.1, -0.05) is 11.6 Å². The molecule has 17 heavy (non-hydrogen) atoms. The molecule has 1 heterocycles. The Morgan fingerprint density at radius 3 is 2.59 bits per heavy atom. The third-order valence-corrected chi connectivity index (χ3v) is 4.00. The first-order valence-electron chi connectivity index (χ1n) is 5.45. The van der Waals surface area contributed by atoms with Crippen LogP contribution in [0.15, 0.2) is 29.2 Å². The Morgan fingerprint density at radius 2 is 2.06 bits per heavy atom. The summed E-state index contributed by atoms with van der Waals surface area (Å²) in [6.45, 7) is 2.81. The van der Waals surface area contributed by atoms with E-state index < -0.39 is 0 Å². The molecule has 1 aliphatic heterocycles. The van der Waals surface area contributed by atoms with Crippen LogP contribution >= 0.6 is 23.4 Å². The number of likely N-dealkylation sites (tertiary alicyclic amines) is 1. The Morgan fingerprint density at radius 1 is 1.47 bits per heavy atom. The third-order valence-electron chi connectivity index (χ3n) is 2.65. The fraction of sp³-hybridized carbons (Fsp3) is 0.417. The number of hydrogen-bond donors (Lipinski definition) is 1. The van der Waals surface area contributed by atoms with E-state index >= 15 is 0 Å². The highest BCUT2D eigenvalue weighted by Crippen LogP contribution is 2.26. The number of amides is 1. The number of rotatable bonds is 3. The summed E-state index contributed by atoms with van der Waals surface area (Å²) in [5.41, 5.74) is 0. The lowest BCUT2D eigenvalue weighted by molar-refractivity contribution is -0.140. The topological polar surface area (TPSA) is 40.5 Å². The summed E-state index contributed by atoms with van der Waals surface area (Å²) >= 11 is 7.30. The van der Waals surface area contributed by atoms with E-state index in [1.54, 1.807) is 4.90 Å². The van der Waals surface area contributed by atoms with Gasteiger partial charge in [0.25, 0.3) is 0 Å². The van der Waals surface area contributed by atoms with Crippen molar-refractivity contribution in [2.24, 2.45) is 0 Å². The molecule has 1 N–H and O–H groups in total. The molecule has 0 bridgehead atoms. The second-order valence-electron chi connectivity index (χ2n) is 4.11. The summed E-state index contributed by atoms with van der Waals surface area (Å²) in [6, 6.07) is 7.44. The predicted molar refractivity (Wildman–Crippen MR) is 69.4 cm³/mol. The molecule has 1 fully saturated rings. The molecular formula is C12H14ClNO2S. The maximum Gasteiger partial charge on any atom is 0.235 e. The largest absolute Gasteiger partial charge is 0.389 e. The fourth-order valence-electron chi connectivity index (χ4n) is 1.66. The van der Waals surface area contributed by atoms with Crippen LogP contribution in [-0.2, 0) is 4.79 Å². The average Bonchev–Trinajstić information content (AvgIpc) is 2.27. The highest BCUT2D eigenvalue weighted by molar-refractivity contribution is 8.00. The summed E-state index contributed by atoms with van der Waals surface area (Å²) in [5.74, 6) is 0.0789. The number of halogens is 1. The number of thioether (sulfide) groups is 1. The fourth-order valence-corrected chi connectivity index (χ4v) is 2.74. The SMILES string of the molecule is CC(Sc1ccc(Cl)cc1)C(=O)N1CC(O)C1. The minimum absolute atomic E-state index is 0.0789. The average molecular weight is 272 g/mol. The van der Waals surface area contributed by atoms with Gasteiger partial charge in [-0.3, -0.25) is 4.79 Å². The zero-order chi connectivity index (χ0) is 12.4. The molecule has 0 aromatic heterocycles. The number of aliphatic hydroxyl groups is 1. The van der Waals surface area contributed by atoms with Gasteiger partial charge in [0.2, 0.25) is 5.91 Å². The minimum Gasteiger partial charge on any atom is -0.389 e. The van der Waals surface area contributed by atoms with Crippen LogP contribution in [0.3, 0.4) is 0 Å². The van der Waals surface area contributed by atoms with Crippen LogP contribution in [0.5, 0.6) is 0 Å². The number of hydrogen-bond acceptors (Lipinski definition) is 3. The molecule has 0 aliphatic carbocycles. The third kappa shape index (κ3) is 3.15. The van der Waals surface area contributed by atoms with Gasteiger partial charge < -0.3 is 10.0 Å². The van der Waals surface area contributed by atoms with Crippen LogP contribution < -0.4 is 0 Å². The van der Waals surface area contributed by atoms with Gasteiger partial charge in [0.15, 0.2) is 0 Å². The highest BCUT2D eigenvalue weighted by atomic mass is 35.5. The molecule has 0 spiro atoms. The van der Waals surface area contributed by atoms with Crippen molar-refractivity contribution in [1.82, 2.24) is 4.90 Å². The number of carbonyl (C=O) groups excluding carboxylic acids is 1. The molecule has 1 amide bonds. The van der Waals surface area contributed by atoms with E-state index in [1.165, 1.54) is 11.8 Å². The van der Waals surface area contributed by atoms with Crippen molar-refractivity contribution in [3.63, 3.8) is 0 Å². The Kier molecular flexibility index (Phi) is 3.97. The van der Waals surface area contributed by atoms with Gasteiger partial charge in [-0.2, -0.15) is 0 Å². The molecule has 92 valence electrons. The molecule has 1 saturated heterocycles. The van der Waals surface area contributed by atoms with Crippen LogP contribution in [0.4, 0.5) is 0 Å². The van der Waals surface area contributed by atoms with Gasteiger partial charge in [-0.25, -0.2) is 0 Å². The summed E-state index contributed by atoms with van der Waals surface area (Å²) in [4.78, 5) is 14.6. The number of aliphatic hydroxyl groups excluding tert-OH is 1. The van der Waals surface area contributed by atoms with Crippen LogP contribution in [0.25, 0.3) is 0 Å². The Hall–Kier alpha value is -0.710. The van der Waals surface area contributed by atoms with Gasteiger partial charge in [0, 0.05) is 23.0 Å². The Balaban J connectivity index is 1.90. The molecule has 1 atom stereocenters. The van der Waals surface area contributed by atoms with Gasteiger partial charge in [-0.15, -0.1) is 11.8 Å². The summed E-state index contributed by atoms with van der Waals surface area (Å²) < 4.78 is 0. The zero-order valence-electron chi connectivity index (χ0n) is 9.47. The highest BCUT2D eigenvalue weighted by Gasteiger charge is 2.31. The smallest absolute Gasteiger partial charge is 0.235 e. The van der Waals surface area contributed by atoms with Crippen LogP contribution in [-0.4, -0.2) is 40.4 Å². The van der Waals surface area contributed by atoms with E-state index in [4.69, 9.17) is 16.7 Å². The second-order valence-corrected chi connectivity index (χ2v) is 5.96.